The van der Waals surface area contributed by atoms with Gasteiger partial charge in [-0.15, -0.1) is 0 Å². The Morgan fingerprint density at radius 2 is 2.00 bits per heavy atom. The summed E-state index contributed by atoms with van der Waals surface area (Å²) in [5.41, 5.74) is -0.109. The van der Waals surface area contributed by atoms with Gasteiger partial charge in [0.05, 0.1) is 10.6 Å². The zero-order valence-corrected chi connectivity index (χ0v) is 11.2. The summed E-state index contributed by atoms with van der Waals surface area (Å²) in [6.45, 7) is 0. The number of carbonyl (C=O) groups is 1. The van der Waals surface area contributed by atoms with E-state index in [-0.39, 0.29) is 27.8 Å². The summed E-state index contributed by atoms with van der Waals surface area (Å²) in [5.74, 6) is -1.09. The fraction of sp³-hybridized carbons (Fsp3) is 0. The first-order valence-corrected chi connectivity index (χ1v) is 6.04. The number of phenols is 1. The molecule has 4 nitrogen and oxygen atoms in total. The Bertz CT molecular complexity index is 631. The van der Waals surface area contributed by atoms with Gasteiger partial charge in [0.1, 0.15) is 11.5 Å². The zero-order chi connectivity index (χ0) is 13.3. The first-order chi connectivity index (χ1) is 8.50. The molecule has 18 heavy (non-hydrogen) atoms. The number of nitrogens with zero attached hydrogens (tertiary/aromatic N) is 1. The van der Waals surface area contributed by atoms with Crippen LogP contribution in [0.1, 0.15) is 16.1 Å². The van der Waals surface area contributed by atoms with Crippen molar-refractivity contribution >= 4 is 33.3 Å². The lowest BCUT2D eigenvalue weighted by Crippen LogP contribution is -2.04. The fourth-order valence-electron chi connectivity index (χ4n) is 1.42. The summed E-state index contributed by atoms with van der Waals surface area (Å²) in [5, 5.41) is 19.5. The van der Waals surface area contributed by atoms with Crippen molar-refractivity contribution < 1.29 is 15.0 Å². The third-order valence-corrected chi connectivity index (χ3v) is 3.48. The molecular formula is C12H7BrClNO3. The molecule has 92 valence electrons. The first-order valence-electron chi connectivity index (χ1n) is 4.87. The van der Waals surface area contributed by atoms with Gasteiger partial charge >= 0.3 is 0 Å². The number of rotatable bonds is 2. The van der Waals surface area contributed by atoms with E-state index in [2.05, 4.69) is 20.9 Å². The molecule has 2 aromatic rings. The Morgan fingerprint density at radius 1 is 1.28 bits per heavy atom. The van der Waals surface area contributed by atoms with E-state index < -0.39 is 5.78 Å². The standard InChI is InChI=1S/C12H7BrClNO3/c13-7-4-6(10(17)5-8(7)14)12(18)11-9(16)2-1-3-15-11/h1-5,16-17H. The molecule has 0 aliphatic carbocycles. The van der Waals surface area contributed by atoms with Crippen LogP contribution in [0.25, 0.3) is 0 Å². The molecule has 0 aliphatic heterocycles. The summed E-state index contributed by atoms with van der Waals surface area (Å²) >= 11 is 8.95. The summed E-state index contributed by atoms with van der Waals surface area (Å²) in [6, 6.07) is 5.49. The monoisotopic (exact) mass is 327 g/mol. The van der Waals surface area contributed by atoms with Crippen LogP contribution in [-0.4, -0.2) is 21.0 Å². The lowest BCUT2D eigenvalue weighted by atomic mass is 10.1. The van der Waals surface area contributed by atoms with Crippen molar-refractivity contribution in [3.63, 3.8) is 0 Å². The summed E-state index contributed by atoms with van der Waals surface area (Å²) in [7, 11) is 0. The normalized spacial score (nSPS) is 10.3. The highest BCUT2D eigenvalue weighted by Crippen LogP contribution is 2.32. The smallest absolute Gasteiger partial charge is 0.218 e. The molecule has 2 N–H and O–H groups in total. The van der Waals surface area contributed by atoms with Crippen molar-refractivity contribution in [1.29, 1.82) is 0 Å². The second kappa shape index (κ2) is 4.96. The summed E-state index contributed by atoms with van der Waals surface area (Å²) < 4.78 is 0.473. The Labute approximate surface area is 116 Å². The van der Waals surface area contributed by atoms with Gasteiger partial charge in [0.2, 0.25) is 5.78 Å². The molecular weight excluding hydrogens is 321 g/mol. The Kier molecular flexibility index (Phi) is 3.54. The highest BCUT2D eigenvalue weighted by atomic mass is 79.9. The molecule has 1 heterocycles. The number of aromatic nitrogens is 1. The molecule has 0 saturated heterocycles. The second-order valence-corrected chi connectivity index (χ2v) is 4.75. The van der Waals surface area contributed by atoms with Gasteiger partial charge in [-0.05, 0) is 34.1 Å². The van der Waals surface area contributed by atoms with E-state index in [9.17, 15) is 15.0 Å². The van der Waals surface area contributed by atoms with Crippen LogP contribution in [0.5, 0.6) is 11.5 Å². The Hall–Kier alpha value is -1.59. The topological polar surface area (TPSA) is 70.4 Å². The molecule has 2 rings (SSSR count). The second-order valence-electron chi connectivity index (χ2n) is 3.48. The zero-order valence-electron chi connectivity index (χ0n) is 8.89. The first kappa shape index (κ1) is 12.9. The Morgan fingerprint density at radius 3 is 2.67 bits per heavy atom. The van der Waals surface area contributed by atoms with Crippen LogP contribution in [0.2, 0.25) is 5.02 Å². The van der Waals surface area contributed by atoms with Crippen molar-refractivity contribution in [2.75, 3.05) is 0 Å². The van der Waals surface area contributed by atoms with E-state index in [0.29, 0.717) is 4.47 Å². The van der Waals surface area contributed by atoms with Gasteiger partial charge in [-0.2, -0.15) is 0 Å². The van der Waals surface area contributed by atoms with E-state index in [1.54, 1.807) is 0 Å². The van der Waals surface area contributed by atoms with Crippen LogP contribution in [0.4, 0.5) is 0 Å². The van der Waals surface area contributed by atoms with E-state index in [1.165, 1.54) is 30.5 Å². The number of pyridine rings is 1. The molecule has 0 atom stereocenters. The largest absolute Gasteiger partial charge is 0.507 e. The fourth-order valence-corrected chi connectivity index (χ4v) is 1.92. The van der Waals surface area contributed by atoms with E-state index in [4.69, 9.17) is 11.6 Å². The van der Waals surface area contributed by atoms with Gasteiger partial charge in [0.25, 0.3) is 0 Å². The predicted molar refractivity (Wildman–Crippen MR) is 70.2 cm³/mol. The van der Waals surface area contributed by atoms with Gasteiger partial charge in [0.15, 0.2) is 5.69 Å². The molecule has 0 bridgehead atoms. The number of phenolic OH excluding ortho intramolecular Hbond substituents is 1. The Balaban J connectivity index is 2.53. The minimum absolute atomic E-state index is 0.0141. The summed E-state index contributed by atoms with van der Waals surface area (Å²) in [4.78, 5) is 15.9. The molecule has 0 saturated carbocycles. The van der Waals surface area contributed by atoms with Gasteiger partial charge in [-0.1, -0.05) is 11.6 Å². The minimum atomic E-state index is -0.581. The average Bonchev–Trinajstić information content (AvgIpc) is 2.33. The molecule has 1 aromatic carbocycles. The number of hydrogen-bond donors (Lipinski definition) is 2. The third kappa shape index (κ3) is 2.32. The number of carbonyl (C=O) groups excluding carboxylic acids is 1. The molecule has 0 amide bonds. The maximum Gasteiger partial charge on any atom is 0.218 e. The predicted octanol–water partition coefficient (Wildman–Crippen LogP) is 3.14. The van der Waals surface area contributed by atoms with Gasteiger partial charge < -0.3 is 10.2 Å². The lowest BCUT2D eigenvalue weighted by molar-refractivity contribution is 0.102. The quantitative estimate of drug-likeness (QED) is 0.831. The van der Waals surface area contributed by atoms with E-state index in [0.717, 1.165) is 0 Å². The van der Waals surface area contributed by atoms with E-state index >= 15 is 0 Å². The van der Waals surface area contributed by atoms with Crippen LogP contribution in [0.3, 0.4) is 0 Å². The summed E-state index contributed by atoms with van der Waals surface area (Å²) in [6.07, 6.45) is 1.38. The van der Waals surface area contributed by atoms with Crippen molar-refractivity contribution in [1.82, 2.24) is 4.98 Å². The molecule has 0 unspecified atom stereocenters. The van der Waals surface area contributed by atoms with Gasteiger partial charge in [0, 0.05) is 16.7 Å². The lowest BCUT2D eigenvalue weighted by Gasteiger charge is -2.06. The van der Waals surface area contributed by atoms with E-state index in [1.807, 2.05) is 0 Å². The van der Waals surface area contributed by atoms with Gasteiger partial charge in [-0.25, -0.2) is 4.98 Å². The number of halogens is 2. The highest BCUT2D eigenvalue weighted by molar-refractivity contribution is 9.10. The van der Waals surface area contributed by atoms with Crippen molar-refractivity contribution in [3.8, 4) is 11.5 Å². The van der Waals surface area contributed by atoms with Crippen molar-refractivity contribution in [2.24, 2.45) is 0 Å². The van der Waals surface area contributed by atoms with Crippen LogP contribution in [0, 0.1) is 0 Å². The third-order valence-electron chi connectivity index (χ3n) is 2.28. The number of benzene rings is 1. The molecule has 0 aliphatic rings. The van der Waals surface area contributed by atoms with Crippen LogP contribution in [0.15, 0.2) is 34.9 Å². The van der Waals surface area contributed by atoms with Gasteiger partial charge in [-0.3, -0.25) is 4.79 Å². The van der Waals surface area contributed by atoms with Crippen LogP contribution < -0.4 is 0 Å². The SMILES string of the molecule is O=C(c1cc(Br)c(Cl)cc1O)c1ncccc1O. The number of hydrogen-bond acceptors (Lipinski definition) is 4. The molecule has 6 heteroatoms. The van der Waals surface area contributed by atoms with Crippen LogP contribution >= 0.6 is 27.5 Å². The van der Waals surface area contributed by atoms with Crippen molar-refractivity contribution in [3.05, 3.63) is 51.2 Å². The molecule has 0 fully saturated rings. The van der Waals surface area contributed by atoms with Crippen LogP contribution in [-0.2, 0) is 0 Å². The molecule has 1 aromatic heterocycles. The maximum atomic E-state index is 12.1. The number of ketones is 1. The minimum Gasteiger partial charge on any atom is -0.507 e. The number of aromatic hydroxyl groups is 2. The maximum absolute atomic E-state index is 12.1. The molecule has 0 radical (unpaired) electrons. The highest BCUT2D eigenvalue weighted by Gasteiger charge is 2.19. The molecule has 0 spiro atoms. The van der Waals surface area contributed by atoms with Crippen molar-refractivity contribution in [2.45, 2.75) is 0 Å². The average molecular weight is 329 g/mol.